The van der Waals surface area contributed by atoms with E-state index in [9.17, 15) is 0 Å². The van der Waals surface area contributed by atoms with Gasteiger partial charge in [0.1, 0.15) is 0 Å². The molecule has 0 bridgehead atoms. The largest absolute Gasteiger partial charge is 0.338 e. The topological polar surface area (TPSA) is 56.7 Å². The van der Waals surface area contributed by atoms with Crippen LogP contribution in [0.3, 0.4) is 0 Å². The van der Waals surface area contributed by atoms with Crippen LogP contribution in [-0.4, -0.2) is 19.7 Å². The van der Waals surface area contributed by atoms with Crippen LogP contribution in [-0.2, 0) is 12.8 Å². The van der Waals surface area contributed by atoms with Gasteiger partial charge >= 0.3 is 0 Å². The molecule has 7 heteroatoms. The number of hydrogen-bond acceptors (Lipinski definition) is 6. The van der Waals surface area contributed by atoms with Crippen LogP contribution in [0, 0.1) is 0 Å². The minimum Gasteiger partial charge on any atom is -0.338 e. The molecule has 0 fully saturated rings. The smallest absolute Gasteiger partial charge is 0.237 e. The van der Waals surface area contributed by atoms with Crippen molar-refractivity contribution in [3.05, 3.63) is 35.8 Å². The molecule has 0 aliphatic carbocycles. The number of rotatable bonds is 4. The third kappa shape index (κ3) is 2.32. The van der Waals surface area contributed by atoms with Gasteiger partial charge in [-0.1, -0.05) is 23.0 Å². The number of imidazole rings is 1. The lowest BCUT2D eigenvalue weighted by molar-refractivity contribution is 0.391. The molecule has 0 aliphatic rings. The van der Waals surface area contributed by atoms with Crippen LogP contribution in [0.2, 0.25) is 0 Å². The fraction of sp³-hybridized carbons (Fsp3) is 0.182. The lowest BCUT2D eigenvalue weighted by Gasteiger charge is -1.97. The van der Waals surface area contributed by atoms with Gasteiger partial charge in [-0.15, -0.1) is 11.3 Å². The van der Waals surface area contributed by atoms with Gasteiger partial charge in [0, 0.05) is 19.4 Å². The Hall–Kier alpha value is -1.60. The van der Waals surface area contributed by atoms with E-state index in [0.29, 0.717) is 17.5 Å². The Morgan fingerprint density at radius 3 is 3.17 bits per heavy atom. The quantitative estimate of drug-likeness (QED) is 0.687. The Morgan fingerprint density at radius 1 is 1.50 bits per heavy atom. The van der Waals surface area contributed by atoms with Gasteiger partial charge < -0.3 is 9.09 Å². The van der Waals surface area contributed by atoms with Crippen molar-refractivity contribution < 1.29 is 4.52 Å². The first kappa shape index (κ1) is 11.5. The Balaban J connectivity index is 1.69. The molecule has 0 radical (unpaired) electrons. The summed E-state index contributed by atoms with van der Waals surface area (Å²) in [6.45, 7) is 0. The van der Waals surface area contributed by atoms with Crippen LogP contribution in [0.4, 0.5) is 0 Å². The molecular formula is C11H10N4OS2. The first-order valence-corrected chi connectivity index (χ1v) is 7.16. The van der Waals surface area contributed by atoms with Crippen molar-refractivity contribution in [2.45, 2.75) is 10.9 Å². The van der Waals surface area contributed by atoms with Crippen molar-refractivity contribution in [2.75, 3.05) is 0 Å². The number of hydrogen-bond donors (Lipinski definition) is 0. The minimum absolute atomic E-state index is 0.617. The summed E-state index contributed by atoms with van der Waals surface area (Å²) in [6.07, 6.45) is 3.68. The third-order valence-corrected chi connectivity index (χ3v) is 4.22. The van der Waals surface area contributed by atoms with E-state index >= 15 is 0 Å². The molecule has 0 atom stereocenters. The molecule has 0 saturated carbocycles. The van der Waals surface area contributed by atoms with Gasteiger partial charge in [0.05, 0.1) is 10.6 Å². The first-order chi connectivity index (χ1) is 8.83. The fourth-order valence-electron chi connectivity index (χ4n) is 1.44. The molecule has 3 heterocycles. The molecule has 0 aromatic carbocycles. The van der Waals surface area contributed by atoms with Crippen LogP contribution >= 0.6 is 23.1 Å². The minimum atomic E-state index is 0.617. The Kier molecular flexibility index (Phi) is 3.16. The number of aromatic nitrogens is 4. The summed E-state index contributed by atoms with van der Waals surface area (Å²) >= 11 is 3.18. The summed E-state index contributed by atoms with van der Waals surface area (Å²) in [5.41, 5.74) is 0. The average molecular weight is 278 g/mol. The van der Waals surface area contributed by atoms with Crippen molar-refractivity contribution in [1.82, 2.24) is 19.7 Å². The highest BCUT2D eigenvalue weighted by Crippen LogP contribution is 2.24. The Labute approximate surface area is 112 Å². The average Bonchev–Trinajstić information content (AvgIpc) is 3.08. The summed E-state index contributed by atoms with van der Waals surface area (Å²) in [6, 6.07) is 3.95. The molecule has 3 rings (SSSR count). The van der Waals surface area contributed by atoms with Crippen molar-refractivity contribution in [1.29, 1.82) is 0 Å². The maximum atomic E-state index is 5.21. The molecule has 92 valence electrons. The number of thioether (sulfide) groups is 1. The lowest BCUT2D eigenvalue weighted by atomic mass is 10.4. The van der Waals surface area contributed by atoms with E-state index in [2.05, 4.69) is 15.1 Å². The van der Waals surface area contributed by atoms with Crippen molar-refractivity contribution >= 4 is 23.1 Å². The van der Waals surface area contributed by atoms with Crippen molar-refractivity contribution in [3.8, 4) is 10.7 Å². The van der Waals surface area contributed by atoms with Gasteiger partial charge in [0.2, 0.25) is 11.7 Å². The van der Waals surface area contributed by atoms with Crippen LogP contribution < -0.4 is 0 Å². The zero-order valence-corrected chi connectivity index (χ0v) is 11.2. The summed E-state index contributed by atoms with van der Waals surface area (Å²) in [5.74, 6) is 1.90. The third-order valence-electron chi connectivity index (χ3n) is 2.31. The molecule has 0 saturated heterocycles. The SMILES string of the molecule is Cn1ccnc1SCc1nc(-c2cccs2)no1. The predicted octanol–water partition coefficient (Wildman–Crippen LogP) is 2.82. The summed E-state index contributed by atoms with van der Waals surface area (Å²) in [5, 5.41) is 6.89. The second-order valence-corrected chi connectivity index (χ2v) is 5.49. The molecule has 0 spiro atoms. The maximum Gasteiger partial charge on any atom is 0.237 e. The van der Waals surface area contributed by atoms with Gasteiger partial charge in [-0.2, -0.15) is 4.98 Å². The molecule has 0 unspecified atom stereocenters. The van der Waals surface area contributed by atoms with Crippen LogP contribution in [0.5, 0.6) is 0 Å². The highest BCUT2D eigenvalue weighted by molar-refractivity contribution is 7.98. The van der Waals surface area contributed by atoms with Crippen molar-refractivity contribution in [2.24, 2.45) is 7.05 Å². The zero-order chi connectivity index (χ0) is 12.4. The standard InChI is InChI=1S/C11H10N4OS2/c1-15-5-4-12-11(15)18-7-9-13-10(14-16-9)8-3-2-6-17-8/h2-6H,7H2,1H3. The van der Waals surface area contributed by atoms with Gasteiger partial charge in [-0.05, 0) is 11.4 Å². The molecule has 18 heavy (non-hydrogen) atoms. The van der Waals surface area contributed by atoms with Gasteiger partial charge in [-0.3, -0.25) is 0 Å². The Bertz CT molecular complexity index is 629. The van der Waals surface area contributed by atoms with E-state index in [1.807, 2.05) is 35.3 Å². The normalized spacial score (nSPS) is 10.9. The van der Waals surface area contributed by atoms with Crippen LogP contribution in [0.1, 0.15) is 5.89 Å². The van der Waals surface area contributed by atoms with E-state index < -0.39 is 0 Å². The predicted molar refractivity (Wildman–Crippen MR) is 70.4 cm³/mol. The summed E-state index contributed by atoms with van der Waals surface area (Å²) in [7, 11) is 1.96. The van der Waals surface area contributed by atoms with E-state index in [4.69, 9.17) is 4.52 Å². The second-order valence-electron chi connectivity index (χ2n) is 3.60. The molecule has 0 aliphatic heterocycles. The van der Waals surface area contributed by atoms with E-state index in [-0.39, 0.29) is 0 Å². The highest BCUT2D eigenvalue weighted by Gasteiger charge is 2.10. The van der Waals surface area contributed by atoms with Gasteiger partial charge in [0.15, 0.2) is 5.16 Å². The zero-order valence-electron chi connectivity index (χ0n) is 9.61. The molecule has 3 aromatic heterocycles. The Morgan fingerprint density at radius 2 is 2.44 bits per heavy atom. The summed E-state index contributed by atoms with van der Waals surface area (Å²) in [4.78, 5) is 9.60. The lowest BCUT2D eigenvalue weighted by Crippen LogP contribution is -1.89. The molecular weight excluding hydrogens is 268 g/mol. The molecule has 0 N–H and O–H groups in total. The van der Waals surface area contributed by atoms with Crippen molar-refractivity contribution in [3.63, 3.8) is 0 Å². The van der Waals surface area contributed by atoms with Gasteiger partial charge in [-0.25, -0.2) is 4.98 Å². The number of thiophene rings is 1. The van der Waals surface area contributed by atoms with Crippen LogP contribution in [0.25, 0.3) is 10.7 Å². The first-order valence-electron chi connectivity index (χ1n) is 5.29. The summed E-state index contributed by atoms with van der Waals surface area (Å²) < 4.78 is 7.17. The second kappa shape index (κ2) is 4.95. The van der Waals surface area contributed by atoms with Gasteiger partial charge in [0.25, 0.3) is 0 Å². The maximum absolute atomic E-state index is 5.21. The highest BCUT2D eigenvalue weighted by atomic mass is 32.2. The molecule has 3 aromatic rings. The monoisotopic (exact) mass is 278 g/mol. The number of aryl methyl sites for hydroxylation is 1. The number of nitrogens with zero attached hydrogens (tertiary/aromatic N) is 4. The van der Waals surface area contributed by atoms with E-state index in [1.165, 1.54) is 0 Å². The van der Waals surface area contributed by atoms with E-state index in [0.717, 1.165) is 10.0 Å². The van der Waals surface area contributed by atoms with E-state index in [1.54, 1.807) is 29.3 Å². The fourth-order valence-corrected chi connectivity index (χ4v) is 2.86. The van der Waals surface area contributed by atoms with Crippen LogP contribution in [0.15, 0.2) is 39.6 Å². The molecule has 0 amide bonds. The molecule has 5 nitrogen and oxygen atoms in total.